The van der Waals surface area contributed by atoms with Crippen molar-refractivity contribution in [2.24, 2.45) is 0 Å². The molecule has 9 heteroatoms. The monoisotopic (exact) mass is 326 g/mol. The van der Waals surface area contributed by atoms with E-state index in [1.165, 1.54) is 23.5 Å². The van der Waals surface area contributed by atoms with Gasteiger partial charge in [0.15, 0.2) is 0 Å². The zero-order valence-corrected chi connectivity index (χ0v) is 12.5. The summed E-state index contributed by atoms with van der Waals surface area (Å²) in [5.74, 6) is -1.11. The van der Waals surface area contributed by atoms with Crippen molar-refractivity contribution in [2.75, 3.05) is 12.0 Å². The molecule has 2 heterocycles. The number of carbonyl (C=O) groups excluding carboxylic acids is 2. The summed E-state index contributed by atoms with van der Waals surface area (Å²) >= 11 is 0. The minimum Gasteiger partial charge on any atom is -0.394 e. The van der Waals surface area contributed by atoms with E-state index in [4.69, 9.17) is 0 Å². The van der Waals surface area contributed by atoms with Crippen molar-refractivity contribution in [1.82, 2.24) is 25.2 Å². The molecular formula is C15H14N6O3. The third-order valence-electron chi connectivity index (χ3n) is 3.32. The summed E-state index contributed by atoms with van der Waals surface area (Å²) in [5, 5.41) is 19.7. The molecule has 0 aliphatic carbocycles. The quantitative estimate of drug-likeness (QED) is 0.591. The molecule has 1 atom stereocenters. The molecule has 2 amide bonds. The summed E-state index contributed by atoms with van der Waals surface area (Å²) in [6.07, 6.45) is 3.98. The van der Waals surface area contributed by atoms with Gasteiger partial charge in [-0.15, -0.1) is 10.2 Å². The van der Waals surface area contributed by atoms with Crippen molar-refractivity contribution in [3.8, 4) is 0 Å². The topological polar surface area (TPSA) is 122 Å². The maximum Gasteiger partial charge on any atom is 0.263 e. The highest BCUT2D eigenvalue weighted by atomic mass is 16.3. The van der Waals surface area contributed by atoms with Crippen LogP contribution in [0.15, 0.2) is 49.2 Å². The fourth-order valence-electron chi connectivity index (χ4n) is 2.09. The number of nitrogens with zero attached hydrogens (tertiary/aromatic N) is 4. The van der Waals surface area contributed by atoms with E-state index in [1.807, 2.05) is 24.3 Å². The van der Waals surface area contributed by atoms with Gasteiger partial charge in [0.2, 0.25) is 0 Å². The summed E-state index contributed by atoms with van der Waals surface area (Å²) < 4.78 is 1.22. The van der Waals surface area contributed by atoms with Crippen LogP contribution in [0.5, 0.6) is 0 Å². The smallest absolute Gasteiger partial charge is 0.263 e. The van der Waals surface area contributed by atoms with Crippen molar-refractivity contribution in [1.29, 1.82) is 0 Å². The largest absolute Gasteiger partial charge is 0.394 e. The number of hydrogen-bond donors (Lipinski definition) is 3. The Balaban J connectivity index is 1.72. The summed E-state index contributed by atoms with van der Waals surface area (Å²) in [6, 6.07) is 7.91. The molecule has 2 aromatic heterocycles. The summed E-state index contributed by atoms with van der Waals surface area (Å²) in [4.78, 5) is 28.5. The number of benzene rings is 1. The molecule has 0 aliphatic heterocycles. The van der Waals surface area contributed by atoms with Crippen LogP contribution in [0.3, 0.4) is 0 Å². The molecule has 3 N–H and O–H groups in total. The predicted octanol–water partition coefficient (Wildman–Crippen LogP) is -0.313. The number of para-hydroxylation sites is 1. The molecule has 0 saturated carbocycles. The van der Waals surface area contributed by atoms with Crippen LogP contribution in [-0.4, -0.2) is 49.4 Å². The number of rotatable bonds is 5. The lowest BCUT2D eigenvalue weighted by molar-refractivity contribution is -0.119. The number of aliphatic hydroxyl groups excluding tert-OH is 1. The molecule has 0 aliphatic rings. The molecule has 0 fully saturated rings. The third-order valence-corrected chi connectivity index (χ3v) is 3.32. The average molecular weight is 326 g/mol. The van der Waals surface area contributed by atoms with Gasteiger partial charge in [0, 0.05) is 11.6 Å². The zero-order chi connectivity index (χ0) is 16.9. The van der Waals surface area contributed by atoms with Gasteiger partial charge >= 0.3 is 0 Å². The molecule has 122 valence electrons. The molecule has 24 heavy (non-hydrogen) atoms. The van der Waals surface area contributed by atoms with Gasteiger partial charge in [-0.1, -0.05) is 18.2 Å². The number of amides is 2. The van der Waals surface area contributed by atoms with Crippen LogP contribution in [0.2, 0.25) is 0 Å². The van der Waals surface area contributed by atoms with Crippen molar-refractivity contribution >= 4 is 22.7 Å². The number of nitrogens with one attached hydrogen (secondary N) is 2. The second kappa shape index (κ2) is 6.84. The Bertz CT molecular complexity index is 865. The highest BCUT2D eigenvalue weighted by Gasteiger charge is 2.21. The van der Waals surface area contributed by atoms with Crippen molar-refractivity contribution < 1.29 is 14.7 Å². The Morgan fingerprint density at radius 3 is 2.71 bits per heavy atom. The van der Waals surface area contributed by atoms with Crippen LogP contribution in [0.4, 0.5) is 0 Å². The lowest BCUT2D eigenvalue weighted by Crippen LogP contribution is -2.47. The van der Waals surface area contributed by atoms with E-state index in [-0.39, 0.29) is 0 Å². The van der Waals surface area contributed by atoms with Crippen LogP contribution in [0.25, 0.3) is 10.9 Å². The highest BCUT2D eigenvalue weighted by molar-refractivity contribution is 6.00. The van der Waals surface area contributed by atoms with E-state index in [0.29, 0.717) is 5.56 Å². The second-order valence-corrected chi connectivity index (χ2v) is 4.97. The molecule has 0 spiro atoms. The van der Waals surface area contributed by atoms with E-state index < -0.39 is 24.5 Å². The van der Waals surface area contributed by atoms with Crippen LogP contribution in [0.1, 0.15) is 10.4 Å². The normalized spacial score (nSPS) is 11.9. The van der Waals surface area contributed by atoms with Crippen LogP contribution >= 0.6 is 0 Å². The van der Waals surface area contributed by atoms with E-state index >= 15 is 0 Å². The molecule has 1 unspecified atom stereocenters. The van der Waals surface area contributed by atoms with Crippen molar-refractivity contribution in [3.05, 3.63) is 54.7 Å². The van der Waals surface area contributed by atoms with Gasteiger partial charge < -0.3 is 10.4 Å². The Hall–Kier alpha value is -3.33. The number of pyridine rings is 1. The van der Waals surface area contributed by atoms with Crippen molar-refractivity contribution in [2.45, 2.75) is 6.04 Å². The molecule has 3 aromatic rings. The summed E-state index contributed by atoms with van der Waals surface area (Å²) in [5.41, 5.74) is 3.48. The van der Waals surface area contributed by atoms with Gasteiger partial charge in [0.1, 0.15) is 18.7 Å². The minimum absolute atomic E-state index is 0.296. The number of aromatic nitrogens is 4. The number of carbonyl (C=O) groups is 2. The van der Waals surface area contributed by atoms with Gasteiger partial charge in [-0.25, -0.2) is 4.68 Å². The number of hydrogen-bond acceptors (Lipinski definition) is 6. The molecule has 9 nitrogen and oxygen atoms in total. The van der Waals surface area contributed by atoms with Crippen LogP contribution in [0, 0.1) is 0 Å². The van der Waals surface area contributed by atoms with Gasteiger partial charge in [-0.2, -0.15) is 0 Å². The Kier molecular flexibility index (Phi) is 4.43. The van der Waals surface area contributed by atoms with E-state index in [9.17, 15) is 14.7 Å². The first-order valence-electron chi connectivity index (χ1n) is 7.09. The molecule has 0 saturated heterocycles. The average Bonchev–Trinajstić information content (AvgIpc) is 3.11. The van der Waals surface area contributed by atoms with Gasteiger partial charge in [-0.3, -0.25) is 20.0 Å². The van der Waals surface area contributed by atoms with Crippen LogP contribution < -0.4 is 10.7 Å². The van der Waals surface area contributed by atoms with Gasteiger partial charge in [-0.05, 0) is 12.1 Å². The molecule has 3 rings (SSSR count). The van der Waals surface area contributed by atoms with E-state index in [2.05, 4.69) is 25.9 Å². The SMILES string of the molecule is O=C(NC(CO)C(=O)Nn1cnnc1)c1cnc2ccccc2c1. The number of fused-ring (bicyclic) bond motifs is 1. The molecular weight excluding hydrogens is 312 g/mol. The maximum atomic E-state index is 12.3. The molecule has 0 radical (unpaired) electrons. The second-order valence-electron chi connectivity index (χ2n) is 4.97. The first kappa shape index (κ1) is 15.6. The predicted molar refractivity (Wildman–Crippen MR) is 84.5 cm³/mol. The molecule has 0 bridgehead atoms. The fraction of sp³-hybridized carbons (Fsp3) is 0.133. The highest BCUT2D eigenvalue weighted by Crippen LogP contribution is 2.12. The Labute approximate surface area is 136 Å². The minimum atomic E-state index is -1.12. The van der Waals surface area contributed by atoms with E-state index in [1.54, 1.807) is 6.07 Å². The van der Waals surface area contributed by atoms with Gasteiger partial charge in [0.25, 0.3) is 11.8 Å². The zero-order valence-electron chi connectivity index (χ0n) is 12.5. The standard InChI is InChI=1S/C15H14N6O3/c22-7-13(15(24)20-21-8-17-18-9-21)19-14(23)11-5-10-3-1-2-4-12(10)16-6-11/h1-6,8-9,13,22H,7H2,(H,19,23)(H,20,24). The van der Waals surface area contributed by atoms with Gasteiger partial charge in [0.05, 0.1) is 17.7 Å². The maximum absolute atomic E-state index is 12.3. The Morgan fingerprint density at radius 2 is 1.96 bits per heavy atom. The third kappa shape index (κ3) is 3.36. The summed E-state index contributed by atoms with van der Waals surface area (Å²) in [7, 11) is 0. The Morgan fingerprint density at radius 1 is 1.21 bits per heavy atom. The summed E-state index contributed by atoms with van der Waals surface area (Å²) in [6.45, 7) is -0.555. The van der Waals surface area contributed by atoms with E-state index in [0.717, 1.165) is 10.9 Å². The van der Waals surface area contributed by atoms with Crippen LogP contribution in [-0.2, 0) is 4.79 Å². The first-order valence-corrected chi connectivity index (χ1v) is 7.09. The number of aliphatic hydroxyl groups is 1. The fourth-order valence-corrected chi connectivity index (χ4v) is 2.09. The van der Waals surface area contributed by atoms with Crippen molar-refractivity contribution in [3.63, 3.8) is 0 Å². The lowest BCUT2D eigenvalue weighted by Gasteiger charge is -2.16. The lowest BCUT2D eigenvalue weighted by atomic mass is 10.1. The first-order chi connectivity index (χ1) is 11.7. The molecule has 1 aromatic carbocycles.